The van der Waals surface area contributed by atoms with E-state index in [1.807, 2.05) is 12.1 Å². The summed E-state index contributed by atoms with van der Waals surface area (Å²) >= 11 is 0. The first-order valence-electron chi connectivity index (χ1n) is 9.69. The van der Waals surface area contributed by atoms with Crippen LogP contribution in [0.4, 0.5) is 5.69 Å². The van der Waals surface area contributed by atoms with Gasteiger partial charge in [0.15, 0.2) is 0 Å². The van der Waals surface area contributed by atoms with Crippen LogP contribution in [0.1, 0.15) is 31.2 Å². The maximum absolute atomic E-state index is 12.5. The molecule has 0 aromatic heterocycles. The number of fused-ring (bicyclic) bond motifs is 1. The normalized spacial score (nSPS) is 26.9. The standard InChI is InChI=1S/C20H27N3O3/c24-14-26-10-7-16-12-18(13-21-16)22-8-5-17(6-9-22)23-19-4-2-1-3-15(19)11-20(23)25/h1-4,14,16-18,21H,5-13H2/t16?,18-/m0/s1. The van der Waals surface area contributed by atoms with Crippen molar-refractivity contribution in [2.24, 2.45) is 0 Å². The Kier molecular flexibility index (Phi) is 5.22. The number of anilines is 1. The van der Waals surface area contributed by atoms with E-state index in [0.717, 1.165) is 51.0 Å². The van der Waals surface area contributed by atoms with Crippen LogP contribution in [0.2, 0.25) is 0 Å². The molecule has 6 heteroatoms. The SMILES string of the molecule is O=COCCC1C[C@H](N2CCC(N3C(=O)Cc4ccccc43)CC2)CN1. The first-order chi connectivity index (χ1) is 12.8. The average Bonchev–Trinajstić information content (AvgIpc) is 3.26. The molecule has 1 aromatic rings. The molecule has 1 unspecified atom stereocenters. The van der Waals surface area contributed by atoms with Gasteiger partial charge >= 0.3 is 0 Å². The van der Waals surface area contributed by atoms with Gasteiger partial charge in [0.05, 0.1) is 13.0 Å². The number of piperidine rings is 1. The third kappa shape index (κ3) is 3.48. The van der Waals surface area contributed by atoms with Crippen molar-refractivity contribution in [1.29, 1.82) is 0 Å². The number of para-hydroxylation sites is 1. The number of amides is 1. The molecule has 1 N–H and O–H groups in total. The van der Waals surface area contributed by atoms with Crippen LogP contribution in [0, 0.1) is 0 Å². The monoisotopic (exact) mass is 357 g/mol. The highest BCUT2D eigenvalue weighted by molar-refractivity contribution is 6.01. The van der Waals surface area contributed by atoms with Crippen LogP contribution in [0.25, 0.3) is 0 Å². The zero-order valence-electron chi connectivity index (χ0n) is 15.1. The highest BCUT2D eigenvalue weighted by Crippen LogP contribution is 2.33. The van der Waals surface area contributed by atoms with Crippen molar-refractivity contribution in [3.8, 4) is 0 Å². The molecule has 0 spiro atoms. The maximum Gasteiger partial charge on any atom is 0.293 e. The zero-order valence-corrected chi connectivity index (χ0v) is 15.1. The number of nitrogens with one attached hydrogen (secondary N) is 1. The summed E-state index contributed by atoms with van der Waals surface area (Å²) in [6.07, 6.45) is 4.61. The van der Waals surface area contributed by atoms with Crippen LogP contribution in [0.15, 0.2) is 24.3 Å². The number of nitrogens with zero attached hydrogens (tertiary/aromatic N) is 2. The van der Waals surface area contributed by atoms with Gasteiger partial charge in [-0.1, -0.05) is 18.2 Å². The van der Waals surface area contributed by atoms with Crippen molar-refractivity contribution in [1.82, 2.24) is 10.2 Å². The van der Waals surface area contributed by atoms with Crippen molar-refractivity contribution >= 4 is 18.1 Å². The minimum Gasteiger partial charge on any atom is -0.468 e. The van der Waals surface area contributed by atoms with E-state index in [4.69, 9.17) is 4.74 Å². The molecule has 1 amide bonds. The van der Waals surface area contributed by atoms with Crippen LogP contribution < -0.4 is 10.2 Å². The smallest absolute Gasteiger partial charge is 0.293 e. The van der Waals surface area contributed by atoms with Crippen molar-refractivity contribution in [2.75, 3.05) is 31.1 Å². The van der Waals surface area contributed by atoms with Gasteiger partial charge in [-0.2, -0.15) is 0 Å². The summed E-state index contributed by atoms with van der Waals surface area (Å²) in [7, 11) is 0. The molecule has 6 nitrogen and oxygen atoms in total. The van der Waals surface area contributed by atoms with Crippen LogP contribution in [0.5, 0.6) is 0 Å². The molecule has 3 aliphatic heterocycles. The fourth-order valence-electron chi connectivity index (χ4n) is 4.74. The lowest BCUT2D eigenvalue weighted by molar-refractivity contribution is -0.128. The molecule has 2 atom stereocenters. The van der Waals surface area contributed by atoms with Crippen molar-refractivity contribution in [3.05, 3.63) is 29.8 Å². The summed E-state index contributed by atoms with van der Waals surface area (Å²) in [5.74, 6) is 0.252. The zero-order chi connectivity index (χ0) is 17.9. The van der Waals surface area contributed by atoms with Crippen LogP contribution in [0.3, 0.4) is 0 Å². The Morgan fingerprint density at radius 3 is 2.81 bits per heavy atom. The number of hydrogen-bond donors (Lipinski definition) is 1. The molecule has 3 aliphatic rings. The van der Waals surface area contributed by atoms with Gasteiger partial charge in [0.2, 0.25) is 5.91 Å². The number of likely N-dealkylation sites (tertiary alicyclic amines) is 1. The predicted molar refractivity (Wildman–Crippen MR) is 99.1 cm³/mol. The summed E-state index contributed by atoms with van der Waals surface area (Å²) in [6, 6.07) is 9.51. The first-order valence-corrected chi connectivity index (χ1v) is 9.69. The summed E-state index contributed by atoms with van der Waals surface area (Å²) in [5, 5.41) is 3.55. The van der Waals surface area contributed by atoms with E-state index in [2.05, 4.69) is 27.2 Å². The lowest BCUT2D eigenvalue weighted by Crippen LogP contribution is -2.49. The van der Waals surface area contributed by atoms with Gasteiger partial charge in [0.1, 0.15) is 0 Å². The molecule has 4 rings (SSSR count). The number of carbonyl (C=O) groups is 2. The largest absolute Gasteiger partial charge is 0.468 e. The van der Waals surface area contributed by atoms with Gasteiger partial charge in [-0.3, -0.25) is 14.5 Å². The molecule has 0 saturated carbocycles. The third-order valence-electron chi connectivity index (χ3n) is 6.09. The topological polar surface area (TPSA) is 61.9 Å². The molecule has 0 bridgehead atoms. The average molecular weight is 357 g/mol. The Bertz CT molecular complexity index is 657. The Morgan fingerprint density at radius 2 is 2.00 bits per heavy atom. The Morgan fingerprint density at radius 1 is 1.19 bits per heavy atom. The third-order valence-corrected chi connectivity index (χ3v) is 6.09. The van der Waals surface area contributed by atoms with Gasteiger partial charge in [-0.05, 0) is 37.3 Å². The minimum atomic E-state index is 0.252. The van der Waals surface area contributed by atoms with Crippen molar-refractivity contribution in [2.45, 2.75) is 50.2 Å². The summed E-state index contributed by atoms with van der Waals surface area (Å²) in [4.78, 5) is 27.4. The van der Waals surface area contributed by atoms with E-state index in [0.29, 0.717) is 37.6 Å². The first kappa shape index (κ1) is 17.5. The van der Waals surface area contributed by atoms with Gasteiger partial charge < -0.3 is 15.0 Å². The quantitative estimate of drug-likeness (QED) is 0.615. The Labute approximate surface area is 154 Å². The molecule has 26 heavy (non-hydrogen) atoms. The van der Waals surface area contributed by atoms with Gasteiger partial charge in [0.25, 0.3) is 6.47 Å². The number of carbonyl (C=O) groups excluding carboxylic acids is 2. The number of benzene rings is 1. The van der Waals surface area contributed by atoms with E-state index in [9.17, 15) is 9.59 Å². The molecule has 0 radical (unpaired) electrons. The number of hydrogen-bond acceptors (Lipinski definition) is 5. The minimum absolute atomic E-state index is 0.252. The number of rotatable bonds is 6. The maximum atomic E-state index is 12.5. The Balaban J connectivity index is 1.30. The second kappa shape index (κ2) is 7.76. The predicted octanol–water partition coefficient (Wildman–Crippen LogP) is 1.33. The van der Waals surface area contributed by atoms with E-state index in [1.54, 1.807) is 0 Å². The molecule has 2 saturated heterocycles. The highest BCUT2D eigenvalue weighted by Gasteiger charge is 2.37. The highest BCUT2D eigenvalue weighted by atomic mass is 16.5. The molecule has 0 aliphatic carbocycles. The fraction of sp³-hybridized carbons (Fsp3) is 0.600. The van der Waals surface area contributed by atoms with Gasteiger partial charge in [0, 0.05) is 43.4 Å². The van der Waals surface area contributed by atoms with Gasteiger partial charge in [-0.25, -0.2) is 0 Å². The Hall–Kier alpha value is -1.92. The van der Waals surface area contributed by atoms with Crippen LogP contribution >= 0.6 is 0 Å². The summed E-state index contributed by atoms with van der Waals surface area (Å²) < 4.78 is 4.81. The van der Waals surface area contributed by atoms with Crippen molar-refractivity contribution < 1.29 is 14.3 Å². The molecule has 3 heterocycles. The van der Waals surface area contributed by atoms with E-state index < -0.39 is 0 Å². The molecular weight excluding hydrogens is 330 g/mol. The molecule has 140 valence electrons. The molecule has 2 fully saturated rings. The lowest BCUT2D eigenvalue weighted by atomic mass is 10.00. The van der Waals surface area contributed by atoms with Gasteiger partial charge in [-0.15, -0.1) is 0 Å². The lowest BCUT2D eigenvalue weighted by Gasteiger charge is -2.39. The second-order valence-corrected chi connectivity index (χ2v) is 7.59. The molecular formula is C20H27N3O3. The number of ether oxygens (including phenoxy) is 1. The summed E-state index contributed by atoms with van der Waals surface area (Å²) in [6.45, 7) is 4.10. The molecule has 1 aromatic carbocycles. The fourth-order valence-corrected chi connectivity index (χ4v) is 4.74. The van der Waals surface area contributed by atoms with E-state index >= 15 is 0 Å². The summed E-state index contributed by atoms with van der Waals surface area (Å²) in [5.41, 5.74) is 2.29. The van der Waals surface area contributed by atoms with Crippen LogP contribution in [-0.2, 0) is 20.7 Å². The van der Waals surface area contributed by atoms with Crippen LogP contribution in [-0.4, -0.2) is 61.6 Å². The van der Waals surface area contributed by atoms with E-state index in [1.165, 1.54) is 5.56 Å². The van der Waals surface area contributed by atoms with E-state index in [-0.39, 0.29) is 5.91 Å². The second-order valence-electron chi connectivity index (χ2n) is 7.59. The van der Waals surface area contributed by atoms with Crippen molar-refractivity contribution in [3.63, 3.8) is 0 Å².